The van der Waals surface area contributed by atoms with Crippen LogP contribution < -0.4 is 5.32 Å². The molecule has 102 valence electrons. The maximum Gasteiger partial charge on any atom is 0.136 e. The molecule has 0 radical (unpaired) electrons. The van der Waals surface area contributed by atoms with Crippen LogP contribution in [-0.2, 0) is 12.8 Å². The number of nitrogens with zero attached hydrogens (tertiary/aromatic N) is 3. The van der Waals surface area contributed by atoms with Gasteiger partial charge in [0.15, 0.2) is 0 Å². The fraction of sp³-hybridized carbons (Fsp3) is 0.500. The van der Waals surface area contributed by atoms with E-state index in [1.807, 2.05) is 20.0 Å². The van der Waals surface area contributed by atoms with Gasteiger partial charge in [-0.05, 0) is 19.3 Å². The first-order chi connectivity index (χ1) is 9.06. The number of aryl methyl sites for hydroxylation is 1. The van der Waals surface area contributed by atoms with Crippen LogP contribution in [0.5, 0.6) is 0 Å². The Labute approximate surface area is 118 Å². The van der Waals surface area contributed by atoms with Crippen molar-refractivity contribution in [2.75, 3.05) is 12.4 Å². The number of hydrogen-bond donors (Lipinski definition) is 1. The lowest BCUT2D eigenvalue weighted by Crippen LogP contribution is -2.06. The Hall–Kier alpha value is -1.49. The highest BCUT2D eigenvalue weighted by Gasteiger charge is 2.08. The molecule has 0 unspecified atom stereocenters. The highest BCUT2D eigenvalue weighted by molar-refractivity contribution is 7.09. The first kappa shape index (κ1) is 13.9. The number of anilines is 1. The summed E-state index contributed by atoms with van der Waals surface area (Å²) in [4.78, 5) is 13.6. The van der Waals surface area contributed by atoms with E-state index in [0.29, 0.717) is 12.3 Å². The third kappa shape index (κ3) is 3.99. The quantitative estimate of drug-likeness (QED) is 0.912. The molecular weight excluding hydrogens is 256 g/mol. The first-order valence-corrected chi connectivity index (χ1v) is 7.40. The van der Waals surface area contributed by atoms with Crippen LogP contribution in [0.4, 0.5) is 5.82 Å². The van der Waals surface area contributed by atoms with Crippen molar-refractivity contribution in [1.82, 2.24) is 15.0 Å². The zero-order valence-corrected chi connectivity index (χ0v) is 12.7. The lowest BCUT2D eigenvalue weighted by Gasteiger charge is -2.08. The summed E-state index contributed by atoms with van der Waals surface area (Å²) in [6, 6.07) is 2.02. The smallest absolute Gasteiger partial charge is 0.136 e. The Morgan fingerprint density at radius 2 is 2.00 bits per heavy atom. The Morgan fingerprint density at radius 1 is 1.21 bits per heavy atom. The number of thiazole rings is 1. The molecule has 0 aliphatic carbocycles. The van der Waals surface area contributed by atoms with E-state index < -0.39 is 0 Å². The second kappa shape index (κ2) is 6.10. The van der Waals surface area contributed by atoms with Crippen LogP contribution in [0, 0.1) is 12.8 Å². The molecule has 0 aliphatic heterocycles. The Bertz CT molecular complexity index is 548. The van der Waals surface area contributed by atoms with Crippen LogP contribution in [0.2, 0.25) is 0 Å². The summed E-state index contributed by atoms with van der Waals surface area (Å²) in [5.74, 6) is 2.31. The molecule has 0 saturated heterocycles. The normalized spacial score (nSPS) is 11.0. The van der Waals surface area contributed by atoms with Gasteiger partial charge in [0, 0.05) is 24.2 Å². The number of rotatable bonds is 5. The van der Waals surface area contributed by atoms with Crippen molar-refractivity contribution in [2.24, 2.45) is 5.92 Å². The van der Waals surface area contributed by atoms with Gasteiger partial charge in [0.2, 0.25) is 0 Å². The van der Waals surface area contributed by atoms with E-state index >= 15 is 0 Å². The van der Waals surface area contributed by atoms with Crippen molar-refractivity contribution in [3.05, 3.63) is 33.7 Å². The van der Waals surface area contributed by atoms with E-state index in [2.05, 4.69) is 39.5 Å². The van der Waals surface area contributed by atoms with Crippen molar-refractivity contribution in [1.29, 1.82) is 0 Å². The molecule has 5 heteroatoms. The molecule has 4 nitrogen and oxygen atoms in total. The van der Waals surface area contributed by atoms with Crippen LogP contribution in [0.15, 0.2) is 11.4 Å². The molecule has 2 aromatic heterocycles. The third-order valence-electron chi connectivity index (χ3n) is 2.70. The van der Waals surface area contributed by atoms with Crippen LogP contribution in [0.1, 0.15) is 36.1 Å². The third-order valence-corrected chi connectivity index (χ3v) is 3.53. The van der Waals surface area contributed by atoms with Gasteiger partial charge in [-0.3, -0.25) is 0 Å². The van der Waals surface area contributed by atoms with Gasteiger partial charge >= 0.3 is 0 Å². The maximum absolute atomic E-state index is 4.64. The van der Waals surface area contributed by atoms with Gasteiger partial charge in [0.25, 0.3) is 0 Å². The van der Waals surface area contributed by atoms with Gasteiger partial charge < -0.3 is 5.32 Å². The van der Waals surface area contributed by atoms with Gasteiger partial charge in [-0.15, -0.1) is 11.3 Å². The Kier molecular flexibility index (Phi) is 4.47. The van der Waals surface area contributed by atoms with Gasteiger partial charge in [-0.2, -0.15) is 0 Å². The van der Waals surface area contributed by atoms with E-state index in [-0.39, 0.29) is 0 Å². The molecule has 0 atom stereocenters. The summed E-state index contributed by atoms with van der Waals surface area (Å²) in [5.41, 5.74) is 2.14. The first-order valence-electron chi connectivity index (χ1n) is 6.52. The van der Waals surface area contributed by atoms with Crippen molar-refractivity contribution in [3.8, 4) is 0 Å². The summed E-state index contributed by atoms with van der Waals surface area (Å²) < 4.78 is 0. The predicted molar refractivity (Wildman–Crippen MR) is 79.8 cm³/mol. The Balaban J connectivity index is 2.23. The second-order valence-electron chi connectivity index (χ2n) is 5.04. The standard InChI is InChI=1S/C14H20N4S/c1-9(2)5-11-6-13(15-4)18-14(17-11)7-12-8-19-10(3)16-12/h6,8-9H,5,7H2,1-4H3,(H,15,17,18). The number of hydrogen-bond acceptors (Lipinski definition) is 5. The molecule has 0 aromatic carbocycles. The van der Waals surface area contributed by atoms with Crippen molar-refractivity contribution in [3.63, 3.8) is 0 Å². The minimum Gasteiger partial charge on any atom is -0.373 e. The largest absolute Gasteiger partial charge is 0.373 e. The van der Waals surface area contributed by atoms with Gasteiger partial charge in [-0.25, -0.2) is 15.0 Å². The van der Waals surface area contributed by atoms with Crippen molar-refractivity contribution >= 4 is 17.2 Å². The lowest BCUT2D eigenvalue weighted by atomic mass is 10.1. The summed E-state index contributed by atoms with van der Waals surface area (Å²) in [6.07, 6.45) is 1.67. The van der Waals surface area contributed by atoms with Crippen LogP contribution in [0.25, 0.3) is 0 Å². The molecule has 2 heterocycles. The van der Waals surface area contributed by atoms with Crippen LogP contribution in [-0.4, -0.2) is 22.0 Å². The summed E-state index contributed by atoms with van der Waals surface area (Å²) in [5, 5.41) is 6.26. The Morgan fingerprint density at radius 3 is 2.58 bits per heavy atom. The SMILES string of the molecule is CNc1cc(CC(C)C)nc(Cc2csc(C)n2)n1. The highest BCUT2D eigenvalue weighted by atomic mass is 32.1. The second-order valence-corrected chi connectivity index (χ2v) is 6.11. The number of aromatic nitrogens is 3. The van der Waals surface area contributed by atoms with Gasteiger partial charge in [0.05, 0.1) is 17.1 Å². The number of nitrogens with one attached hydrogen (secondary N) is 1. The molecule has 0 fully saturated rings. The van der Waals surface area contributed by atoms with Crippen molar-refractivity contribution < 1.29 is 0 Å². The van der Waals surface area contributed by atoms with E-state index in [9.17, 15) is 0 Å². The van der Waals surface area contributed by atoms with E-state index in [1.165, 1.54) is 0 Å². The molecule has 1 N–H and O–H groups in total. The zero-order valence-electron chi connectivity index (χ0n) is 11.9. The molecule has 0 amide bonds. The molecule has 0 bridgehead atoms. The average molecular weight is 276 g/mol. The summed E-state index contributed by atoms with van der Waals surface area (Å²) in [6.45, 7) is 6.42. The molecule has 0 saturated carbocycles. The monoisotopic (exact) mass is 276 g/mol. The van der Waals surface area contributed by atoms with E-state index in [4.69, 9.17) is 0 Å². The highest BCUT2D eigenvalue weighted by Crippen LogP contribution is 2.15. The zero-order chi connectivity index (χ0) is 13.8. The molecular formula is C14H20N4S. The topological polar surface area (TPSA) is 50.7 Å². The molecule has 0 spiro atoms. The fourth-order valence-corrected chi connectivity index (χ4v) is 2.55. The minimum atomic E-state index is 0.592. The van der Waals surface area contributed by atoms with Gasteiger partial charge in [0.1, 0.15) is 11.6 Å². The molecule has 2 aromatic rings. The molecule has 0 aliphatic rings. The van der Waals surface area contributed by atoms with Crippen LogP contribution >= 0.6 is 11.3 Å². The summed E-state index contributed by atoms with van der Waals surface area (Å²) >= 11 is 1.67. The van der Waals surface area contributed by atoms with Crippen LogP contribution in [0.3, 0.4) is 0 Å². The molecule has 2 rings (SSSR count). The lowest BCUT2D eigenvalue weighted by molar-refractivity contribution is 0.631. The maximum atomic E-state index is 4.64. The van der Waals surface area contributed by atoms with E-state index in [0.717, 1.165) is 34.5 Å². The van der Waals surface area contributed by atoms with Gasteiger partial charge in [-0.1, -0.05) is 13.8 Å². The fourth-order valence-electron chi connectivity index (χ4n) is 1.93. The minimum absolute atomic E-state index is 0.592. The predicted octanol–water partition coefficient (Wildman–Crippen LogP) is 3.07. The summed E-state index contributed by atoms with van der Waals surface area (Å²) in [7, 11) is 1.89. The molecule has 19 heavy (non-hydrogen) atoms. The van der Waals surface area contributed by atoms with Crippen molar-refractivity contribution in [2.45, 2.75) is 33.6 Å². The van der Waals surface area contributed by atoms with E-state index in [1.54, 1.807) is 11.3 Å². The average Bonchev–Trinajstić information content (AvgIpc) is 2.73.